The third-order valence-electron chi connectivity index (χ3n) is 2.36. The Morgan fingerprint density at radius 1 is 1.69 bits per heavy atom. The Morgan fingerprint density at radius 2 is 2.56 bits per heavy atom. The third-order valence-corrected chi connectivity index (χ3v) is 2.36. The molecule has 1 amide bonds. The molecule has 0 unspecified atom stereocenters. The first kappa shape index (κ1) is 10.9. The summed E-state index contributed by atoms with van der Waals surface area (Å²) in [4.78, 5) is 11.6. The van der Waals surface area contributed by atoms with Crippen molar-refractivity contribution in [1.82, 2.24) is 15.1 Å². The standard InChI is InChI=1S/C10H15N3O3/c14-5-1-3-11-10(15)8-7-9-13(12-8)4-2-6-16-9/h7,14H,1-6H2,(H,11,15). The molecule has 0 fully saturated rings. The van der Waals surface area contributed by atoms with Crippen LogP contribution in [0.1, 0.15) is 23.3 Å². The Kier molecular flexibility index (Phi) is 3.40. The Bertz CT molecular complexity index is 352. The van der Waals surface area contributed by atoms with Gasteiger partial charge in [0.2, 0.25) is 5.88 Å². The number of hydrogen-bond acceptors (Lipinski definition) is 4. The number of carbonyl (C=O) groups excluding carboxylic acids is 1. The summed E-state index contributed by atoms with van der Waals surface area (Å²) in [6.07, 6.45) is 1.47. The van der Waals surface area contributed by atoms with Gasteiger partial charge in [-0.3, -0.25) is 4.79 Å². The van der Waals surface area contributed by atoms with E-state index in [1.807, 2.05) is 0 Å². The maximum atomic E-state index is 11.6. The van der Waals surface area contributed by atoms with Gasteiger partial charge in [-0.05, 0) is 6.42 Å². The SMILES string of the molecule is O=C(NCCCO)c1cc2n(n1)CCCO2. The fourth-order valence-corrected chi connectivity index (χ4v) is 1.55. The first-order valence-corrected chi connectivity index (χ1v) is 5.41. The van der Waals surface area contributed by atoms with Crippen LogP contribution in [-0.2, 0) is 6.54 Å². The number of aliphatic hydroxyl groups excluding tert-OH is 1. The number of carbonyl (C=O) groups is 1. The molecule has 1 aliphatic rings. The Hall–Kier alpha value is -1.56. The number of aryl methyl sites for hydroxylation is 1. The lowest BCUT2D eigenvalue weighted by Gasteiger charge is -2.13. The molecule has 0 bridgehead atoms. The molecule has 2 heterocycles. The molecule has 88 valence electrons. The molecule has 0 spiro atoms. The normalized spacial score (nSPS) is 14.1. The summed E-state index contributed by atoms with van der Waals surface area (Å²) in [5.41, 5.74) is 0.370. The summed E-state index contributed by atoms with van der Waals surface area (Å²) in [5, 5.41) is 15.4. The van der Waals surface area contributed by atoms with Gasteiger partial charge in [0.15, 0.2) is 5.69 Å². The highest BCUT2D eigenvalue weighted by Gasteiger charge is 2.17. The number of amides is 1. The molecule has 1 aromatic heterocycles. The van der Waals surface area contributed by atoms with Crippen LogP contribution in [0.5, 0.6) is 5.88 Å². The minimum atomic E-state index is -0.223. The molecule has 6 heteroatoms. The molecule has 2 rings (SSSR count). The van der Waals surface area contributed by atoms with Crippen molar-refractivity contribution in [2.45, 2.75) is 19.4 Å². The van der Waals surface area contributed by atoms with Gasteiger partial charge in [0.05, 0.1) is 6.61 Å². The van der Waals surface area contributed by atoms with E-state index in [0.29, 0.717) is 31.1 Å². The quantitative estimate of drug-likeness (QED) is 0.694. The molecule has 1 aromatic rings. The molecule has 0 saturated carbocycles. The van der Waals surface area contributed by atoms with Gasteiger partial charge in [0.25, 0.3) is 5.91 Å². The van der Waals surface area contributed by atoms with Crippen LogP contribution in [-0.4, -0.2) is 40.6 Å². The van der Waals surface area contributed by atoms with Gasteiger partial charge in [0.1, 0.15) is 0 Å². The van der Waals surface area contributed by atoms with Crippen molar-refractivity contribution < 1.29 is 14.6 Å². The lowest BCUT2D eigenvalue weighted by molar-refractivity contribution is 0.0945. The maximum absolute atomic E-state index is 11.6. The van der Waals surface area contributed by atoms with Crippen molar-refractivity contribution in [1.29, 1.82) is 0 Å². The van der Waals surface area contributed by atoms with E-state index < -0.39 is 0 Å². The van der Waals surface area contributed by atoms with Crippen LogP contribution in [0.25, 0.3) is 0 Å². The second-order valence-corrected chi connectivity index (χ2v) is 3.63. The highest BCUT2D eigenvalue weighted by atomic mass is 16.5. The van der Waals surface area contributed by atoms with E-state index in [1.54, 1.807) is 10.7 Å². The molecular formula is C10H15N3O3. The molecule has 0 aromatic carbocycles. The van der Waals surface area contributed by atoms with Crippen LogP contribution in [0.2, 0.25) is 0 Å². The average Bonchev–Trinajstić information content (AvgIpc) is 2.73. The van der Waals surface area contributed by atoms with E-state index in [1.165, 1.54) is 0 Å². The predicted molar refractivity (Wildman–Crippen MR) is 56.4 cm³/mol. The molecular weight excluding hydrogens is 210 g/mol. The Balaban J connectivity index is 1.98. The molecule has 1 aliphatic heterocycles. The van der Waals surface area contributed by atoms with E-state index in [2.05, 4.69) is 10.4 Å². The van der Waals surface area contributed by atoms with Gasteiger partial charge in [-0.25, -0.2) is 4.68 Å². The molecule has 0 aliphatic carbocycles. The number of nitrogens with zero attached hydrogens (tertiary/aromatic N) is 2. The van der Waals surface area contributed by atoms with Crippen molar-refractivity contribution >= 4 is 5.91 Å². The minimum absolute atomic E-state index is 0.0725. The van der Waals surface area contributed by atoms with Crippen LogP contribution in [0.15, 0.2) is 6.07 Å². The van der Waals surface area contributed by atoms with Gasteiger partial charge in [0, 0.05) is 32.2 Å². The zero-order valence-electron chi connectivity index (χ0n) is 8.98. The van der Waals surface area contributed by atoms with Gasteiger partial charge < -0.3 is 15.2 Å². The van der Waals surface area contributed by atoms with Crippen LogP contribution < -0.4 is 10.1 Å². The first-order chi connectivity index (χ1) is 7.81. The smallest absolute Gasteiger partial charge is 0.271 e. The highest BCUT2D eigenvalue weighted by molar-refractivity contribution is 5.92. The Morgan fingerprint density at radius 3 is 3.31 bits per heavy atom. The summed E-state index contributed by atoms with van der Waals surface area (Å²) in [6, 6.07) is 1.65. The second-order valence-electron chi connectivity index (χ2n) is 3.63. The Labute approximate surface area is 93.2 Å². The van der Waals surface area contributed by atoms with Crippen molar-refractivity contribution in [2.75, 3.05) is 19.8 Å². The van der Waals surface area contributed by atoms with Crippen molar-refractivity contribution in [2.24, 2.45) is 0 Å². The number of fused-ring (bicyclic) bond motifs is 1. The molecule has 16 heavy (non-hydrogen) atoms. The zero-order chi connectivity index (χ0) is 11.4. The number of rotatable bonds is 4. The van der Waals surface area contributed by atoms with Crippen molar-refractivity contribution in [3.8, 4) is 5.88 Å². The van der Waals surface area contributed by atoms with Crippen LogP contribution in [0, 0.1) is 0 Å². The summed E-state index contributed by atoms with van der Waals surface area (Å²) >= 11 is 0. The predicted octanol–water partition coefficient (Wildman–Crippen LogP) is -0.222. The van der Waals surface area contributed by atoms with Crippen LogP contribution in [0.3, 0.4) is 0 Å². The number of nitrogens with one attached hydrogen (secondary N) is 1. The number of aromatic nitrogens is 2. The summed E-state index contributed by atoms with van der Waals surface area (Å²) in [6.45, 7) is 2.00. The van der Waals surface area contributed by atoms with Crippen molar-refractivity contribution in [3.63, 3.8) is 0 Å². The lowest BCUT2D eigenvalue weighted by atomic mass is 10.3. The van der Waals surface area contributed by atoms with Crippen molar-refractivity contribution in [3.05, 3.63) is 11.8 Å². The van der Waals surface area contributed by atoms with E-state index in [4.69, 9.17) is 9.84 Å². The van der Waals surface area contributed by atoms with Gasteiger partial charge in [-0.1, -0.05) is 0 Å². The average molecular weight is 225 g/mol. The fraction of sp³-hybridized carbons (Fsp3) is 0.600. The first-order valence-electron chi connectivity index (χ1n) is 5.41. The minimum Gasteiger partial charge on any atom is -0.478 e. The van der Waals surface area contributed by atoms with Crippen LogP contribution in [0.4, 0.5) is 0 Å². The summed E-state index contributed by atoms with van der Waals surface area (Å²) in [7, 11) is 0. The van der Waals surface area contributed by atoms with Crippen LogP contribution >= 0.6 is 0 Å². The highest BCUT2D eigenvalue weighted by Crippen LogP contribution is 2.17. The third kappa shape index (κ3) is 2.33. The van der Waals surface area contributed by atoms with E-state index in [0.717, 1.165) is 13.0 Å². The van der Waals surface area contributed by atoms with E-state index >= 15 is 0 Å². The molecule has 0 radical (unpaired) electrons. The van der Waals surface area contributed by atoms with Gasteiger partial charge in [-0.2, -0.15) is 5.10 Å². The summed E-state index contributed by atoms with van der Waals surface area (Å²) in [5.74, 6) is 0.428. The van der Waals surface area contributed by atoms with Gasteiger partial charge in [-0.15, -0.1) is 0 Å². The topological polar surface area (TPSA) is 76.4 Å². The molecule has 6 nitrogen and oxygen atoms in total. The fourth-order valence-electron chi connectivity index (χ4n) is 1.55. The number of hydrogen-bond donors (Lipinski definition) is 2. The van der Waals surface area contributed by atoms with Gasteiger partial charge >= 0.3 is 0 Å². The molecule has 0 saturated heterocycles. The monoisotopic (exact) mass is 225 g/mol. The van der Waals surface area contributed by atoms with E-state index in [9.17, 15) is 4.79 Å². The maximum Gasteiger partial charge on any atom is 0.271 e. The summed E-state index contributed by atoms with van der Waals surface area (Å²) < 4.78 is 7.06. The lowest BCUT2D eigenvalue weighted by Crippen LogP contribution is -2.25. The molecule has 0 atom stereocenters. The number of aliphatic hydroxyl groups is 1. The number of ether oxygens (including phenoxy) is 1. The van der Waals surface area contributed by atoms with E-state index in [-0.39, 0.29) is 12.5 Å². The molecule has 2 N–H and O–H groups in total. The zero-order valence-corrected chi connectivity index (χ0v) is 8.98. The second kappa shape index (κ2) is 4.98. The largest absolute Gasteiger partial charge is 0.478 e.